The first kappa shape index (κ1) is 22.6. The summed E-state index contributed by atoms with van der Waals surface area (Å²) < 4.78 is 6.01. The van der Waals surface area contributed by atoms with E-state index in [4.69, 9.17) is 4.74 Å². The number of hydrogen-bond acceptors (Lipinski definition) is 7. The van der Waals surface area contributed by atoms with Crippen LogP contribution in [0.4, 0.5) is 0 Å². The van der Waals surface area contributed by atoms with Crippen LogP contribution in [-0.4, -0.2) is 66.3 Å². The number of nitrogens with zero attached hydrogens (tertiary/aromatic N) is 6. The zero-order valence-electron chi connectivity index (χ0n) is 20.8. The summed E-state index contributed by atoms with van der Waals surface area (Å²) in [5, 5.41) is 9.68. The summed E-state index contributed by atoms with van der Waals surface area (Å²) in [4.78, 5) is 24.0. The van der Waals surface area contributed by atoms with E-state index >= 15 is 0 Å². The zero-order chi connectivity index (χ0) is 25.3. The number of rotatable bonds is 7. The van der Waals surface area contributed by atoms with Gasteiger partial charge in [0.1, 0.15) is 23.7 Å². The first-order valence-electron chi connectivity index (χ1n) is 12.9. The minimum Gasteiger partial charge on any atom is -0.491 e. The Morgan fingerprint density at radius 2 is 1.82 bits per heavy atom. The van der Waals surface area contributed by atoms with Gasteiger partial charge in [-0.1, -0.05) is 6.07 Å². The predicted molar refractivity (Wildman–Crippen MR) is 147 cm³/mol. The highest BCUT2D eigenvalue weighted by Gasteiger charge is 2.16. The zero-order valence-corrected chi connectivity index (χ0v) is 20.8. The number of ether oxygens (including phenoxy) is 1. The van der Waals surface area contributed by atoms with Gasteiger partial charge in [-0.15, -0.1) is 0 Å². The predicted octanol–water partition coefficient (Wildman–Crippen LogP) is 5.10. The molecule has 0 saturated carbocycles. The van der Waals surface area contributed by atoms with Crippen LogP contribution in [0.1, 0.15) is 12.8 Å². The van der Waals surface area contributed by atoms with Gasteiger partial charge < -0.3 is 9.72 Å². The maximum absolute atomic E-state index is 6.01. The molecule has 9 nitrogen and oxygen atoms in total. The lowest BCUT2D eigenvalue weighted by molar-refractivity contribution is 0.237. The molecule has 6 aromatic rings. The first-order valence-corrected chi connectivity index (χ1v) is 12.9. The summed E-state index contributed by atoms with van der Waals surface area (Å²) in [6, 6.07) is 14.0. The molecule has 1 aliphatic rings. The summed E-state index contributed by atoms with van der Waals surface area (Å²) in [6.45, 7) is 3.91. The van der Waals surface area contributed by atoms with E-state index in [9.17, 15) is 0 Å². The van der Waals surface area contributed by atoms with Crippen molar-refractivity contribution in [2.24, 2.45) is 0 Å². The number of fused-ring (bicyclic) bond motifs is 2. The Hall–Kier alpha value is -4.63. The number of aromatic nitrogens is 7. The van der Waals surface area contributed by atoms with E-state index in [2.05, 4.69) is 46.1 Å². The van der Waals surface area contributed by atoms with Crippen molar-refractivity contribution in [3.63, 3.8) is 0 Å². The van der Waals surface area contributed by atoms with Crippen molar-refractivity contribution in [1.29, 1.82) is 0 Å². The highest BCUT2D eigenvalue weighted by molar-refractivity contribution is 5.99. The van der Waals surface area contributed by atoms with E-state index in [1.54, 1.807) is 18.6 Å². The summed E-state index contributed by atoms with van der Waals surface area (Å²) in [6.07, 6.45) is 11.5. The molecular formula is C29H26N8O. The van der Waals surface area contributed by atoms with E-state index in [-0.39, 0.29) is 0 Å². The lowest BCUT2D eigenvalue weighted by Gasteiger charge is -2.15. The second-order valence-electron chi connectivity index (χ2n) is 9.51. The quantitative estimate of drug-likeness (QED) is 0.313. The Balaban J connectivity index is 1.20. The van der Waals surface area contributed by atoms with Crippen LogP contribution in [0.25, 0.3) is 55.8 Å². The van der Waals surface area contributed by atoms with Crippen LogP contribution in [-0.2, 0) is 0 Å². The molecule has 0 amide bonds. The molecule has 38 heavy (non-hydrogen) atoms. The van der Waals surface area contributed by atoms with Gasteiger partial charge in [-0.05, 0) is 62.3 Å². The molecular weight excluding hydrogens is 476 g/mol. The van der Waals surface area contributed by atoms with Gasteiger partial charge in [0.2, 0.25) is 0 Å². The Morgan fingerprint density at radius 1 is 0.868 bits per heavy atom. The Kier molecular flexibility index (Phi) is 5.75. The molecule has 7 rings (SSSR count). The van der Waals surface area contributed by atoms with Gasteiger partial charge in [0, 0.05) is 47.0 Å². The molecule has 0 aliphatic carbocycles. The van der Waals surface area contributed by atoms with E-state index in [0.717, 1.165) is 81.2 Å². The highest BCUT2D eigenvalue weighted by Crippen LogP contribution is 2.33. The standard InChI is InChI=1S/C29H26N8O/c1-2-7-31-24(5-1)21-6-8-32-29-22(21)14-26(34-29)28-23-15-25(33-18-27(23)35-36-28)19-13-20(17-30-16-19)38-12-11-37-9-3-4-10-37/h1-2,5-8,13-18H,3-4,9-12H2,(H,32,34)(H,35,36). The molecule has 1 saturated heterocycles. The lowest BCUT2D eigenvalue weighted by atomic mass is 10.1. The minimum absolute atomic E-state index is 0.651. The molecule has 0 atom stereocenters. The van der Waals surface area contributed by atoms with Crippen molar-refractivity contribution in [2.75, 3.05) is 26.2 Å². The van der Waals surface area contributed by atoms with Crippen LogP contribution in [0.15, 0.2) is 73.4 Å². The van der Waals surface area contributed by atoms with Crippen LogP contribution < -0.4 is 4.74 Å². The number of likely N-dealkylation sites (tertiary alicyclic amines) is 1. The van der Waals surface area contributed by atoms with Gasteiger partial charge in [0.25, 0.3) is 0 Å². The molecule has 188 valence electrons. The summed E-state index contributed by atoms with van der Waals surface area (Å²) in [7, 11) is 0. The topological polar surface area (TPSA) is 108 Å². The summed E-state index contributed by atoms with van der Waals surface area (Å²) >= 11 is 0. The van der Waals surface area contributed by atoms with E-state index in [0.29, 0.717) is 6.61 Å². The maximum Gasteiger partial charge on any atom is 0.138 e. The normalized spacial score (nSPS) is 14.0. The van der Waals surface area contributed by atoms with E-state index in [1.165, 1.54) is 12.8 Å². The van der Waals surface area contributed by atoms with Crippen molar-refractivity contribution < 1.29 is 4.74 Å². The van der Waals surface area contributed by atoms with Crippen LogP contribution in [0.3, 0.4) is 0 Å². The van der Waals surface area contributed by atoms with Crippen molar-refractivity contribution in [2.45, 2.75) is 12.8 Å². The van der Waals surface area contributed by atoms with Gasteiger partial charge >= 0.3 is 0 Å². The van der Waals surface area contributed by atoms with E-state index < -0.39 is 0 Å². The molecule has 0 aromatic carbocycles. The average molecular weight is 503 g/mol. The Bertz CT molecular complexity index is 1720. The molecule has 0 bridgehead atoms. The third kappa shape index (κ3) is 4.26. The van der Waals surface area contributed by atoms with Gasteiger partial charge in [0.15, 0.2) is 0 Å². The smallest absolute Gasteiger partial charge is 0.138 e. The third-order valence-electron chi connectivity index (χ3n) is 7.06. The molecule has 2 N–H and O–H groups in total. The number of nitrogens with one attached hydrogen (secondary N) is 2. The second-order valence-corrected chi connectivity index (χ2v) is 9.51. The number of hydrogen-bond donors (Lipinski definition) is 2. The van der Waals surface area contributed by atoms with Crippen LogP contribution >= 0.6 is 0 Å². The largest absolute Gasteiger partial charge is 0.491 e. The molecule has 9 heteroatoms. The Labute approximate surface area is 219 Å². The van der Waals surface area contributed by atoms with Crippen molar-refractivity contribution in [3.05, 3.63) is 73.4 Å². The molecule has 0 radical (unpaired) electrons. The minimum atomic E-state index is 0.651. The molecule has 0 spiro atoms. The van der Waals surface area contributed by atoms with E-state index in [1.807, 2.05) is 48.8 Å². The third-order valence-corrected chi connectivity index (χ3v) is 7.06. The average Bonchev–Trinajstić information content (AvgIpc) is 3.73. The van der Waals surface area contributed by atoms with Crippen molar-refractivity contribution in [1.82, 2.24) is 40.0 Å². The highest BCUT2D eigenvalue weighted by atomic mass is 16.5. The van der Waals surface area contributed by atoms with Crippen LogP contribution in [0, 0.1) is 0 Å². The molecule has 1 aliphatic heterocycles. The van der Waals surface area contributed by atoms with Crippen molar-refractivity contribution in [3.8, 4) is 39.7 Å². The number of pyridine rings is 4. The van der Waals surface area contributed by atoms with Crippen LogP contribution in [0.5, 0.6) is 5.75 Å². The molecule has 1 fully saturated rings. The summed E-state index contributed by atoms with van der Waals surface area (Å²) in [5.74, 6) is 0.750. The Morgan fingerprint density at radius 3 is 2.71 bits per heavy atom. The number of H-pyrrole nitrogens is 2. The molecule has 0 unspecified atom stereocenters. The summed E-state index contributed by atoms with van der Waals surface area (Å²) in [5.41, 5.74) is 6.94. The fourth-order valence-corrected chi connectivity index (χ4v) is 5.12. The maximum atomic E-state index is 6.01. The van der Waals surface area contributed by atoms with Crippen LogP contribution in [0.2, 0.25) is 0 Å². The van der Waals surface area contributed by atoms with Gasteiger partial charge in [-0.2, -0.15) is 5.10 Å². The molecule has 6 aromatic heterocycles. The van der Waals surface area contributed by atoms with Gasteiger partial charge in [0.05, 0.1) is 35.0 Å². The lowest BCUT2D eigenvalue weighted by Crippen LogP contribution is -2.25. The monoisotopic (exact) mass is 502 g/mol. The van der Waals surface area contributed by atoms with Crippen molar-refractivity contribution >= 4 is 21.9 Å². The van der Waals surface area contributed by atoms with Gasteiger partial charge in [-0.25, -0.2) is 4.98 Å². The SMILES string of the molecule is c1ccc(-c2ccnc3[nH]c(-c4n[nH]c5cnc(-c6cncc(OCCN7CCCC7)c6)cc45)cc23)nc1. The van der Waals surface area contributed by atoms with Gasteiger partial charge in [-0.3, -0.25) is 25.0 Å². The second kappa shape index (κ2) is 9.68. The number of aromatic amines is 2. The molecule has 7 heterocycles. The fraction of sp³-hybridized carbons (Fsp3) is 0.207. The fourth-order valence-electron chi connectivity index (χ4n) is 5.12. The first-order chi connectivity index (χ1) is 18.8.